The average molecular weight is 532 g/mol. The number of nitrogens with zero attached hydrogens (tertiary/aromatic N) is 4. The van der Waals surface area contributed by atoms with Gasteiger partial charge in [-0.15, -0.1) is 0 Å². The highest BCUT2D eigenvalue weighted by molar-refractivity contribution is 6.02. The van der Waals surface area contributed by atoms with Gasteiger partial charge in [0, 0.05) is 17.0 Å². The summed E-state index contributed by atoms with van der Waals surface area (Å²) in [5.74, 6) is 0.541. The van der Waals surface area contributed by atoms with Gasteiger partial charge in [-0.3, -0.25) is 9.48 Å². The van der Waals surface area contributed by atoms with Gasteiger partial charge in [0.15, 0.2) is 0 Å². The van der Waals surface area contributed by atoms with E-state index in [4.69, 9.17) is 26.9 Å². The molecular formula is C32H29N5O3. The second kappa shape index (κ2) is 10.7. The van der Waals surface area contributed by atoms with Crippen molar-refractivity contribution in [1.29, 1.82) is 0 Å². The smallest absolute Gasteiger partial charge is 0.310 e. The number of benzene rings is 3. The van der Waals surface area contributed by atoms with E-state index >= 15 is 0 Å². The molecule has 1 saturated carbocycles. The first-order valence-electron chi connectivity index (χ1n) is 13.5. The topological polar surface area (TPSA) is 96.6 Å². The second-order valence-corrected chi connectivity index (χ2v) is 9.95. The number of para-hydroxylation sites is 1. The molecule has 5 aromatic rings. The number of nitrogens with two attached hydrogens (primary N) is 1. The van der Waals surface area contributed by atoms with Crippen LogP contribution < -0.4 is 10.5 Å². The predicted octanol–water partition coefficient (Wildman–Crippen LogP) is 6.79. The van der Waals surface area contributed by atoms with Gasteiger partial charge in [-0.05, 0) is 66.5 Å². The molecule has 1 aliphatic carbocycles. The maximum Gasteiger partial charge on any atom is 0.310 e. The maximum atomic E-state index is 12.2. The van der Waals surface area contributed by atoms with Gasteiger partial charge >= 0.3 is 5.97 Å². The van der Waals surface area contributed by atoms with Crippen LogP contribution in [0.2, 0.25) is 0 Å². The van der Waals surface area contributed by atoms with E-state index in [-0.39, 0.29) is 19.0 Å². The van der Waals surface area contributed by atoms with Crippen LogP contribution in [0.4, 0.5) is 11.5 Å². The highest BCUT2D eigenvalue weighted by atomic mass is 16.5. The van der Waals surface area contributed by atoms with Gasteiger partial charge in [0.1, 0.15) is 23.9 Å². The number of ether oxygens (including phenoxy) is 2. The standard InChI is InChI=1S/C32H29N5O3/c1-3-39-30(38)18-21-7-4-12-27(34-2)31(21)40-19-28-26-17-20(13-14-29(26)37(36-28)22-8-5-9-22)23-10-6-11-25-24(23)15-16-35-32(25)33/h4,6-7,10-17,22H,3,5,8-9,18-19H2,1H3,(H2,33,35). The summed E-state index contributed by atoms with van der Waals surface area (Å²) in [4.78, 5) is 20.1. The van der Waals surface area contributed by atoms with E-state index in [0.717, 1.165) is 51.3 Å². The molecule has 0 radical (unpaired) electrons. The van der Waals surface area contributed by atoms with Crippen molar-refractivity contribution in [2.45, 2.75) is 45.3 Å². The summed E-state index contributed by atoms with van der Waals surface area (Å²) in [5, 5.41) is 7.95. The van der Waals surface area contributed by atoms with Crippen LogP contribution in [-0.2, 0) is 22.6 Å². The van der Waals surface area contributed by atoms with E-state index in [1.165, 1.54) is 6.42 Å². The minimum Gasteiger partial charge on any atom is -0.498 e. The largest absolute Gasteiger partial charge is 0.498 e. The monoisotopic (exact) mass is 531 g/mol. The third-order valence-electron chi connectivity index (χ3n) is 7.54. The Bertz CT molecular complexity index is 1780. The Labute approximate surface area is 232 Å². The molecule has 0 saturated heterocycles. The van der Waals surface area contributed by atoms with Crippen LogP contribution in [0.15, 0.2) is 66.9 Å². The summed E-state index contributed by atoms with van der Waals surface area (Å²) < 4.78 is 13.5. The van der Waals surface area contributed by atoms with Gasteiger partial charge in [0.05, 0.1) is 31.2 Å². The summed E-state index contributed by atoms with van der Waals surface area (Å²) in [6, 6.07) is 20.1. The Hall–Kier alpha value is -4.90. The Balaban J connectivity index is 1.41. The lowest BCUT2D eigenvalue weighted by Crippen LogP contribution is -2.18. The number of nitrogen functional groups attached to an aromatic ring is 1. The van der Waals surface area contributed by atoms with Gasteiger partial charge in [-0.1, -0.05) is 42.5 Å². The lowest BCUT2D eigenvalue weighted by molar-refractivity contribution is -0.142. The molecular weight excluding hydrogens is 502 g/mol. The molecule has 6 rings (SSSR count). The Kier molecular flexibility index (Phi) is 6.79. The predicted molar refractivity (Wildman–Crippen MR) is 155 cm³/mol. The van der Waals surface area contributed by atoms with Crippen LogP contribution in [-0.4, -0.2) is 27.3 Å². The van der Waals surface area contributed by atoms with E-state index in [1.807, 2.05) is 18.2 Å². The fourth-order valence-corrected chi connectivity index (χ4v) is 5.34. The van der Waals surface area contributed by atoms with Crippen molar-refractivity contribution in [3.63, 3.8) is 0 Å². The van der Waals surface area contributed by atoms with E-state index in [0.29, 0.717) is 35.5 Å². The van der Waals surface area contributed by atoms with Crippen LogP contribution in [0.5, 0.6) is 5.75 Å². The fraction of sp³-hybridized carbons (Fsp3) is 0.250. The number of pyridine rings is 1. The molecule has 2 N–H and O–H groups in total. The number of anilines is 1. The summed E-state index contributed by atoms with van der Waals surface area (Å²) in [5.41, 5.74) is 11.1. The molecule has 2 heterocycles. The SMILES string of the molecule is [C-]#[N+]c1cccc(CC(=O)OCC)c1OCc1nn(C2CCC2)c2ccc(-c3cccc4c(N)nccc34)cc12. The highest BCUT2D eigenvalue weighted by Gasteiger charge is 2.25. The molecule has 200 valence electrons. The van der Waals surface area contributed by atoms with Crippen molar-refractivity contribution in [2.24, 2.45) is 0 Å². The number of fused-ring (bicyclic) bond motifs is 2. The minimum atomic E-state index is -0.357. The van der Waals surface area contributed by atoms with Crippen LogP contribution in [0.3, 0.4) is 0 Å². The third-order valence-corrected chi connectivity index (χ3v) is 7.54. The van der Waals surface area contributed by atoms with Gasteiger partial charge in [0.2, 0.25) is 5.69 Å². The first-order valence-corrected chi connectivity index (χ1v) is 13.5. The molecule has 0 bridgehead atoms. The van der Waals surface area contributed by atoms with Crippen LogP contribution in [0.1, 0.15) is 43.5 Å². The summed E-state index contributed by atoms with van der Waals surface area (Å²) in [6.45, 7) is 9.88. The number of esters is 1. The molecule has 40 heavy (non-hydrogen) atoms. The zero-order valence-corrected chi connectivity index (χ0v) is 22.3. The molecule has 0 amide bonds. The summed E-state index contributed by atoms with van der Waals surface area (Å²) in [6.07, 6.45) is 5.15. The number of hydrogen-bond acceptors (Lipinski definition) is 6. The van der Waals surface area contributed by atoms with E-state index in [9.17, 15) is 4.79 Å². The van der Waals surface area contributed by atoms with Crippen LogP contribution in [0.25, 0.3) is 37.6 Å². The molecule has 3 aromatic carbocycles. The summed E-state index contributed by atoms with van der Waals surface area (Å²) >= 11 is 0. The molecule has 2 aromatic heterocycles. The lowest BCUT2D eigenvalue weighted by Gasteiger charge is -2.26. The van der Waals surface area contributed by atoms with Crippen molar-refractivity contribution in [1.82, 2.24) is 14.8 Å². The molecule has 0 atom stereocenters. The zero-order chi connectivity index (χ0) is 27.6. The van der Waals surface area contributed by atoms with Gasteiger partial charge in [0.25, 0.3) is 0 Å². The number of carbonyl (C=O) groups is 1. The van der Waals surface area contributed by atoms with Crippen molar-refractivity contribution in [2.75, 3.05) is 12.3 Å². The van der Waals surface area contributed by atoms with Gasteiger partial charge < -0.3 is 15.2 Å². The second-order valence-electron chi connectivity index (χ2n) is 9.95. The molecule has 1 aliphatic rings. The Morgan fingerprint density at radius 1 is 1.10 bits per heavy atom. The molecule has 0 spiro atoms. The molecule has 0 aliphatic heterocycles. The third kappa shape index (κ3) is 4.60. The van der Waals surface area contributed by atoms with E-state index in [1.54, 1.807) is 31.3 Å². The summed E-state index contributed by atoms with van der Waals surface area (Å²) in [7, 11) is 0. The molecule has 8 nitrogen and oxygen atoms in total. The number of carbonyl (C=O) groups excluding carboxylic acids is 1. The van der Waals surface area contributed by atoms with Crippen LogP contribution in [0, 0.1) is 6.57 Å². The number of hydrogen-bond donors (Lipinski definition) is 1. The van der Waals surface area contributed by atoms with Gasteiger partial charge in [-0.2, -0.15) is 5.10 Å². The number of aromatic nitrogens is 3. The average Bonchev–Trinajstić information content (AvgIpc) is 3.28. The molecule has 1 fully saturated rings. The first-order chi connectivity index (χ1) is 19.6. The van der Waals surface area contributed by atoms with Crippen molar-refractivity contribution < 1.29 is 14.3 Å². The molecule has 0 unspecified atom stereocenters. The lowest BCUT2D eigenvalue weighted by atomic mass is 9.93. The van der Waals surface area contributed by atoms with Crippen molar-refractivity contribution >= 4 is 39.1 Å². The van der Waals surface area contributed by atoms with Gasteiger partial charge in [-0.25, -0.2) is 9.83 Å². The highest BCUT2D eigenvalue weighted by Crippen LogP contribution is 2.38. The zero-order valence-electron chi connectivity index (χ0n) is 22.3. The first kappa shape index (κ1) is 25.4. The number of rotatable bonds is 8. The van der Waals surface area contributed by atoms with Crippen LogP contribution >= 0.6 is 0 Å². The Morgan fingerprint density at radius 3 is 2.73 bits per heavy atom. The van der Waals surface area contributed by atoms with Crippen molar-refractivity contribution in [3.05, 3.63) is 89.5 Å². The Morgan fingerprint density at radius 2 is 1.95 bits per heavy atom. The molecule has 8 heteroatoms. The van der Waals surface area contributed by atoms with E-state index < -0.39 is 0 Å². The maximum absolute atomic E-state index is 12.2. The normalized spacial score (nSPS) is 13.2. The fourth-order valence-electron chi connectivity index (χ4n) is 5.34. The quantitative estimate of drug-likeness (QED) is 0.175. The van der Waals surface area contributed by atoms with Crippen molar-refractivity contribution in [3.8, 4) is 16.9 Å². The minimum absolute atomic E-state index is 0.0347. The van der Waals surface area contributed by atoms with E-state index in [2.05, 4.69) is 38.8 Å².